The molecule has 0 aliphatic carbocycles. The molecule has 19 heavy (non-hydrogen) atoms. The number of nitrogens with zero attached hydrogens (tertiary/aromatic N) is 3. The van der Waals surface area contributed by atoms with Gasteiger partial charge in [0.15, 0.2) is 5.82 Å². The van der Waals surface area contributed by atoms with Crippen LogP contribution in [0.3, 0.4) is 0 Å². The average molecular weight is 345 g/mol. The fraction of sp³-hybridized carbons (Fsp3) is 0.273. The number of halogens is 1. The van der Waals surface area contributed by atoms with E-state index >= 15 is 0 Å². The van der Waals surface area contributed by atoms with Crippen LogP contribution in [0, 0.1) is 0 Å². The van der Waals surface area contributed by atoms with E-state index in [4.69, 9.17) is 5.14 Å². The summed E-state index contributed by atoms with van der Waals surface area (Å²) in [5.41, 5.74) is 0.777. The lowest BCUT2D eigenvalue weighted by Crippen LogP contribution is -2.20. The van der Waals surface area contributed by atoms with Crippen LogP contribution in [-0.2, 0) is 10.0 Å². The van der Waals surface area contributed by atoms with Crippen LogP contribution in [0.5, 0.6) is 0 Å². The molecule has 0 fully saturated rings. The smallest absolute Gasteiger partial charge is 0.273 e. The van der Waals surface area contributed by atoms with E-state index in [1.54, 1.807) is 0 Å². The Morgan fingerprint density at radius 3 is 2.26 bits per heavy atom. The maximum Gasteiger partial charge on any atom is 0.273 e. The Bertz CT molecular complexity index is 692. The SMILES string of the molecule is CC(C)n1c(-c2ccc(Br)cc2)nnc1S(N)(=O)=O. The number of benzene rings is 1. The first kappa shape index (κ1) is 14.2. The highest BCUT2D eigenvalue weighted by Gasteiger charge is 2.23. The van der Waals surface area contributed by atoms with Gasteiger partial charge in [0.05, 0.1) is 0 Å². The molecule has 0 radical (unpaired) electrons. The molecule has 0 bridgehead atoms. The number of hydrogen-bond donors (Lipinski definition) is 1. The van der Waals surface area contributed by atoms with Crippen molar-refractivity contribution in [3.63, 3.8) is 0 Å². The molecule has 2 aromatic rings. The molecule has 2 rings (SSSR count). The van der Waals surface area contributed by atoms with E-state index in [-0.39, 0.29) is 11.2 Å². The molecule has 0 aliphatic rings. The molecular formula is C11H13BrN4O2S. The first-order valence-corrected chi connectivity index (χ1v) is 7.88. The molecule has 1 aromatic carbocycles. The van der Waals surface area contributed by atoms with Crippen LogP contribution >= 0.6 is 15.9 Å². The number of rotatable bonds is 3. The summed E-state index contributed by atoms with van der Waals surface area (Å²) < 4.78 is 25.4. The van der Waals surface area contributed by atoms with Crippen LogP contribution in [0.25, 0.3) is 11.4 Å². The van der Waals surface area contributed by atoms with Gasteiger partial charge in [-0.3, -0.25) is 4.57 Å². The molecule has 1 aromatic heterocycles. The summed E-state index contributed by atoms with van der Waals surface area (Å²) in [6.07, 6.45) is 0. The van der Waals surface area contributed by atoms with Gasteiger partial charge in [-0.2, -0.15) is 0 Å². The Balaban J connectivity index is 2.65. The van der Waals surface area contributed by atoms with E-state index in [1.807, 2.05) is 38.1 Å². The van der Waals surface area contributed by atoms with Crippen molar-refractivity contribution in [2.24, 2.45) is 5.14 Å². The van der Waals surface area contributed by atoms with Gasteiger partial charge in [0.2, 0.25) is 0 Å². The van der Waals surface area contributed by atoms with Crippen LogP contribution in [0.4, 0.5) is 0 Å². The summed E-state index contributed by atoms with van der Waals surface area (Å²) in [5.74, 6) is 0.478. The van der Waals surface area contributed by atoms with Crippen molar-refractivity contribution in [2.75, 3.05) is 0 Å². The minimum atomic E-state index is -3.89. The van der Waals surface area contributed by atoms with Crippen LogP contribution in [0.1, 0.15) is 19.9 Å². The van der Waals surface area contributed by atoms with E-state index in [9.17, 15) is 8.42 Å². The Morgan fingerprint density at radius 1 is 1.21 bits per heavy atom. The summed E-state index contributed by atoms with van der Waals surface area (Å²) in [5, 5.41) is 12.6. The first-order chi connectivity index (χ1) is 8.80. The lowest BCUT2D eigenvalue weighted by molar-refractivity contribution is 0.524. The van der Waals surface area contributed by atoms with Crippen LogP contribution in [0.2, 0.25) is 0 Å². The highest BCUT2D eigenvalue weighted by molar-refractivity contribution is 9.10. The Kier molecular flexibility index (Phi) is 3.75. The average Bonchev–Trinajstić information content (AvgIpc) is 2.74. The zero-order valence-electron chi connectivity index (χ0n) is 10.4. The van der Waals surface area contributed by atoms with Crippen molar-refractivity contribution in [3.8, 4) is 11.4 Å². The minimum Gasteiger partial charge on any atom is -0.294 e. The van der Waals surface area contributed by atoms with Crippen molar-refractivity contribution < 1.29 is 8.42 Å². The summed E-state index contributed by atoms with van der Waals surface area (Å²) >= 11 is 3.34. The Hall–Kier alpha value is -1.25. The largest absolute Gasteiger partial charge is 0.294 e. The van der Waals surface area contributed by atoms with E-state index in [1.165, 1.54) is 4.57 Å². The molecule has 0 unspecified atom stereocenters. The minimum absolute atomic E-state index is 0.123. The maximum atomic E-state index is 11.5. The van der Waals surface area contributed by atoms with Gasteiger partial charge in [0.25, 0.3) is 15.2 Å². The molecule has 0 aliphatic heterocycles. The normalized spacial score (nSPS) is 12.1. The molecular weight excluding hydrogens is 332 g/mol. The van der Waals surface area contributed by atoms with Gasteiger partial charge in [0, 0.05) is 16.1 Å². The van der Waals surface area contributed by atoms with Gasteiger partial charge in [-0.25, -0.2) is 13.6 Å². The molecule has 1 heterocycles. The molecule has 0 amide bonds. The Labute approximate surface area is 119 Å². The summed E-state index contributed by atoms with van der Waals surface area (Å²) in [4.78, 5) is 0. The molecule has 8 heteroatoms. The molecule has 102 valence electrons. The van der Waals surface area contributed by atoms with Gasteiger partial charge in [0.1, 0.15) is 0 Å². The predicted octanol–water partition coefficient (Wildman–Crippen LogP) is 1.94. The van der Waals surface area contributed by atoms with E-state index < -0.39 is 10.0 Å². The van der Waals surface area contributed by atoms with Crippen LogP contribution < -0.4 is 5.14 Å². The standard InChI is InChI=1S/C11H13BrN4O2S/c1-7(2)16-10(8-3-5-9(12)6-4-8)14-15-11(16)19(13,17)18/h3-7H,1-2H3,(H2,13,17,18). The van der Waals surface area contributed by atoms with Gasteiger partial charge in [-0.05, 0) is 26.0 Å². The zero-order chi connectivity index (χ0) is 14.2. The Morgan fingerprint density at radius 2 is 1.79 bits per heavy atom. The third kappa shape index (κ3) is 2.85. The zero-order valence-corrected chi connectivity index (χ0v) is 12.8. The van der Waals surface area contributed by atoms with E-state index in [0.29, 0.717) is 5.82 Å². The van der Waals surface area contributed by atoms with Gasteiger partial charge in [-0.1, -0.05) is 28.1 Å². The summed E-state index contributed by atoms with van der Waals surface area (Å²) in [6, 6.07) is 7.25. The number of sulfonamides is 1. The van der Waals surface area contributed by atoms with Gasteiger partial charge >= 0.3 is 0 Å². The fourth-order valence-electron chi connectivity index (χ4n) is 1.73. The van der Waals surface area contributed by atoms with E-state index in [2.05, 4.69) is 26.1 Å². The molecule has 6 nitrogen and oxygen atoms in total. The topological polar surface area (TPSA) is 90.9 Å². The van der Waals surface area contributed by atoms with Crippen LogP contribution in [-0.4, -0.2) is 23.2 Å². The van der Waals surface area contributed by atoms with E-state index in [0.717, 1.165) is 10.0 Å². The lowest BCUT2D eigenvalue weighted by atomic mass is 10.2. The monoisotopic (exact) mass is 344 g/mol. The quantitative estimate of drug-likeness (QED) is 0.920. The second kappa shape index (κ2) is 5.03. The van der Waals surface area contributed by atoms with Crippen molar-refractivity contribution in [2.45, 2.75) is 25.0 Å². The third-order valence-corrected chi connectivity index (χ3v) is 3.85. The molecule has 0 saturated carbocycles. The molecule has 2 N–H and O–H groups in total. The molecule has 0 atom stereocenters. The fourth-order valence-corrected chi connectivity index (χ4v) is 2.72. The molecule has 0 saturated heterocycles. The number of hydrogen-bond acceptors (Lipinski definition) is 4. The summed E-state index contributed by atoms with van der Waals surface area (Å²) in [6.45, 7) is 3.70. The first-order valence-electron chi connectivity index (χ1n) is 5.54. The maximum absolute atomic E-state index is 11.5. The number of primary sulfonamides is 1. The van der Waals surface area contributed by atoms with Crippen molar-refractivity contribution >= 4 is 26.0 Å². The second-order valence-electron chi connectivity index (χ2n) is 4.32. The highest BCUT2D eigenvalue weighted by atomic mass is 79.9. The molecule has 0 spiro atoms. The van der Waals surface area contributed by atoms with Crippen molar-refractivity contribution in [3.05, 3.63) is 28.7 Å². The third-order valence-electron chi connectivity index (χ3n) is 2.54. The second-order valence-corrected chi connectivity index (χ2v) is 6.69. The van der Waals surface area contributed by atoms with Crippen molar-refractivity contribution in [1.82, 2.24) is 14.8 Å². The van der Waals surface area contributed by atoms with Gasteiger partial charge < -0.3 is 0 Å². The number of nitrogens with two attached hydrogens (primary N) is 1. The van der Waals surface area contributed by atoms with Crippen LogP contribution in [0.15, 0.2) is 33.9 Å². The van der Waals surface area contributed by atoms with Crippen molar-refractivity contribution in [1.29, 1.82) is 0 Å². The lowest BCUT2D eigenvalue weighted by Gasteiger charge is -2.12. The number of aromatic nitrogens is 3. The highest BCUT2D eigenvalue weighted by Crippen LogP contribution is 2.25. The summed E-state index contributed by atoms with van der Waals surface area (Å²) in [7, 11) is -3.89. The van der Waals surface area contributed by atoms with Gasteiger partial charge in [-0.15, -0.1) is 10.2 Å². The predicted molar refractivity (Wildman–Crippen MR) is 74.9 cm³/mol.